The minimum absolute atomic E-state index is 0.0481. The summed E-state index contributed by atoms with van der Waals surface area (Å²) in [6.45, 7) is 0.702. The van der Waals surface area contributed by atoms with Crippen molar-refractivity contribution in [3.63, 3.8) is 0 Å². The lowest BCUT2D eigenvalue weighted by atomic mass is 10.00. The first kappa shape index (κ1) is 15.7. The first-order chi connectivity index (χ1) is 9.86. The average molecular weight is 315 g/mol. The average Bonchev–Trinajstić information content (AvgIpc) is 2.46. The van der Waals surface area contributed by atoms with Crippen LogP contribution in [0.2, 0.25) is 0 Å². The molecule has 0 atom stereocenters. The van der Waals surface area contributed by atoms with Gasteiger partial charge in [-0.25, -0.2) is 8.42 Å². The zero-order valence-electron chi connectivity index (χ0n) is 11.3. The second-order valence-corrected chi connectivity index (χ2v) is 6.95. The van der Waals surface area contributed by atoms with E-state index in [0.717, 1.165) is 12.1 Å². The maximum absolute atomic E-state index is 12.5. The topological polar surface area (TPSA) is 127 Å². The molecule has 1 fully saturated rings. The van der Waals surface area contributed by atoms with Gasteiger partial charge in [0.25, 0.3) is 5.69 Å². The van der Waals surface area contributed by atoms with Crippen LogP contribution in [-0.4, -0.2) is 42.4 Å². The summed E-state index contributed by atoms with van der Waals surface area (Å²) in [5.41, 5.74) is 5.05. The van der Waals surface area contributed by atoms with Crippen molar-refractivity contribution >= 4 is 21.4 Å². The Bertz CT molecular complexity index is 638. The van der Waals surface area contributed by atoms with Gasteiger partial charge < -0.3 is 10.8 Å². The van der Waals surface area contributed by atoms with Crippen molar-refractivity contribution in [2.45, 2.75) is 17.7 Å². The molecule has 0 unspecified atom stereocenters. The van der Waals surface area contributed by atoms with Crippen LogP contribution in [0.5, 0.6) is 0 Å². The zero-order valence-corrected chi connectivity index (χ0v) is 12.1. The molecule has 3 N–H and O–H groups in total. The molecule has 0 spiro atoms. The van der Waals surface area contributed by atoms with Crippen LogP contribution in [0.1, 0.15) is 12.8 Å². The van der Waals surface area contributed by atoms with E-state index in [1.54, 1.807) is 0 Å². The highest BCUT2D eigenvalue weighted by molar-refractivity contribution is 7.89. The second-order valence-electron chi connectivity index (χ2n) is 5.01. The summed E-state index contributed by atoms with van der Waals surface area (Å²) < 4.78 is 26.2. The highest BCUT2D eigenvalue weighted by Crippen LogP contribution is 2.28. The maximum atomic E-state index is 12.5. The zero-order chi connectivity index (χ0) is 15.6. The number of nitrogen functional groups attached to an aromatic ring is 1. The van der Waals surface area contributed by atoms with Gasteiger partial charge in [0, 0.05) is 25.8 Å². The summed E-state index contributed by atoms with van der Waals surface area (Å²) >= 11 is 0. The first-order valence-electron chi connectivity index (χ1n) is 6.51. The molecule has 0 saturated carbocycles. The van der Waals surface area contributed by atoms with Gasteiger partial charge in [-0.15, -0.1) is 0 Å². The van der Waals surface area contributed by atoms with Gasteiger partial charge in [0.05, 0.1) is 9.82 Å². The van der Waals surface area contributed by atoms with Crippen molar-refractivity contribution in [3.8, 4) is 0 Å². The van der Waals surface area contributed by atoms with Crippen molar-refractivity contribution in [2.24, 2.45) is 5.92 Å². The van der Waals surface area contributed by atoms with E-state index in [-0.39, 0.29) is 28.8 Å². The first-order valence-corrected chi connectivity index (χ1v) is 7.95. The van der Waals surface area contributed by atoms with Gasteiger partial charge in [0.2, 0.25) is 10.0 Å². The van der Waals surface area contributed by atoms with Crippen LogP contribution in [0.4, 0.5) is 11.4 Å². The summed E-state index contributed by atoms with van der Waals surface area (Å²) in [5.74, 6) is 0.124. The minimum atomic E-state index is -3.71. The number of hydrogen-bond acceptors (Lipinski definition) is 6. The van der Waals surface area contributed by atoms with Gasteiger partial charge in [0.15, 0.2) is 0 Å². The normalized spacial score (nSPS) is 17.8. The Morgan fingerprint density at radius 1 is 1.38 bits per heavy atom. The minimum Gasteiger partial charge on any atom is -0.396 e. The fraction of sp³-hybridized carbons (Fsp3) is 0.500. The second kappa shape index (κ2) is 5.96. The van der Waals surface area contributed by atoms with Gasteiger partial charge in [0.1, 0.15) is 5.69 Å². The van der Waals surface area contributed by atoms with Crippen molar-refractivity contribution < 1.29 is 18.4 Å². The Balaban J connectivity index is 2.24. The SMILES string of the molecule is Nc1cc(S(=O)(=O)N2CCC(CO)CC2)ccc1[N+](=O)[O-]. The summed E-state index contributed by atoms with van der Waals surface area (Å²) in [6.07, 6.45) is 1.19. The number of benzene rings is 1. The van der Waals surface area contributed by atoms with E-state index in [1.807, 2.05) is 0 Å². The highest BCUT2D eigenvalue weighted by Gasteiger charge is 2.30. The van der Waals surface area contributed by atoms with E-state index in [1.165, 1.54) is 10.4 Å². The molecule has 1 saturated heterocycles. The Kier molecular flexibility index (Phi) is 4.45. The molecular formula is C12H17N3O5S. The van der Waals surface area contributed by atoms with Crippen molar-refractivity contribution in [1.29, 1.82) is 0 Å². The number of hydrogen-bond donors (Lipinski definition) is 2. The van der Waals surface area contributed by atoms with E-state index in [9.17, 15) is 18.5 Å². The monoisotopic (exact) mass is 315 g/mol. The Hall–Kier alpha value is -1.71. The molecule has 21 heavy (non-hydrogen) atoms. The van der Waals surface area contributed by atoms with Gasteiger partial charge >= 0.3 is 0 Å². The van der Waals surface area contributed by atoms with E-state index in [2.05, 4.69) is 0 Å². The van der Waals surface area contributed by atoms with E-state index in [4.69, 9.17) is 10.8 Å². The Labute approximate surface area is 122 Å². The Morgan fingerprint density at radius 2 is 2.00 bits per heavy atom. The molecule has 1 aliphatic heterocycles. The number of nitro groups is 1. The molecule has 2 rings (SSSR count). The lowest BCUT2D eigenvalue weighted by Crippen LogP contribution is -2.39. The predicted molar refractivity (Wildman–Crippen MR) is 76.1 cm³/mol. The number of aliphatic hydroxyl groups is 1. The third-order valence-corrected chi connectivity index (χ3v) is 5.56. The summed E-state index contributed by atoms with van der Waals surface area (Å²) in [6, 6.07) is 3.41. The molecule has 0 bridgehead atoms. The highest BCUT2D eigenvalue weighted by atomic mass is 32.2. The van der Waals surface area contributed by atoms with Gasteiger partial charge in [-0.2, -0.15) is 4.31 Å². The van der Waals surface area contributed by atoms with Crippen LogP contribution in [0.25, 0.3) is 0 Å². The van der Waals surface area contributed by atoms with E-state index in [0.29, 0.717) is 25.9 Å². The third kappa shape index (κ3) is 3.14. The molecule has 1 aromatic rings. The largest absolute Gasteiger partial charge is 0.396 e. The molecule has 0 radical (unpaired) electrons. The number of nitrogens with zero attached hydrogens (tertiary/aromatic N) is 2. The quantitative estimate of drug-likeness (QED) is 0.475. The Morgan fingerprint density at radius 3 is 2.48 bits per heavy atom. The van der Waals surface area contributed by atoms with Crippen LogP contribution < -0.4 is 5.73 Å². The number of nitro benzene ring substituents is 1. The molecule has 1 heterocycles. The molecule has 0 aliphatic carbocycles. The van der Waals surface area contributed by atoms with Crippen molar-refractivity contribution in [1.82, 2.24) is 4.31 Å². The summed E-state index contributed by atoms with van der Waals surface area (Å²) in [7, 11) is -3.71. The van der Waals surface area contributed by atoms with Gasteiger partial charge in [-0.1, -0.05) is 0 Å². The van der Waals surface area contributed by atoms with Gasteiger partial charge in [-0.3, -0.25) is 10.1 Å². The molecule has 116 valence electrons. The smallest absolute Gasteiger partial charge is 0.292 e. The molecule has 1 aliphatic rings. The summed E-state index contributed by atoms with van der Waals surface area (Å²) in [5, 5.41) is 19.8. The van der Waals surface area contributed by atoms with E-state index < -0.39 is 14.9 Å². The number of sulfonamides is 1. The molecule has 9 heteroatoms. The number of rotatable bonds is 4. The predicted octanol–water partition coefficient (Wildman–Crippen LogP) is 0.570. The van der Waals surface area contributed by atoms with Crippen LogP contribution in [0.15, 0.2) is 23.1 Å². The molecule has 1 aromatic carbocycles. The van der Waals surface area contributed by atoms with E-state index >= 15 is 0 Å². The van der Waals surface area contributed by atoms with Crippen LogP contribution in [0.3, 0.4) is 0 Å². The molecule has 8 nitrogen and oxygen atoms in total. The lowest BCUT2D eigenvalue weighted by Gasteiger charge is -2.30. The van der Waals surface area contributed by atoms with Gasteiger partial charge in [-0.05, 0) is 30.9 Å². The van der Waals surface area contributed by atoms with Crippen LogP contribution in [-0.2, 0) is 10.0 Å². The molecule has 0 amide bonds. The maximum Gasteiger partial charge on any atom is 0.292 e. The molecular weight excluding hydrogens is 298 g/mol. The number of nitrogens with two attached hydrogens (primary N) is 1. The number of aliphatic hydroxyl groups excluding tert-OH is 1. The lowest BCUT2D eigenvalue weighted by molar-refractivity contribution is -0.383. The third-order valence-electron chi connectivity index (χ3n) is 3.67. The summed E-state index contributed by atoms with van der Waals surface area (Å²) in [4.78, 5) is 9.99. The number of anilines is 1. The standard InChI is InChI=1S/C12H17N3O5S/c13-11-7-10(1-2-12(11)15(17)18)21(19,20)14-5-3-9(8-16)4-6-14/h1-2,7,9,16H,3-6,8,13H2. The molecule has 0 aromatic heterocycles. The van der Waals surface area contributed by atoms with Crippen molar-refractivity contribution in [2.75, 3.05) is 25.4 Å². The van der Waals surface area contributed by atoms with Crippen LogP contribution >= 0.6 is 0 Å². The fourth-order valence-electron chi connectivity index (χ4n) is 2.34. The fourth-order valence-corrected chi connectivity index (χ4v) is 3.85. The number of piperidine rings is 1. The van der Waals surface area contributed by atoms with Crippen LogP contribution in [0, 0.1) is 16.0 Å². The van der Waals surface area contributed by atoms with Crippen molar-refractivity contribution in [3.05, 3.63) is 28.3 Å².